The summed E-state index contributed by atoms with van der Waals surface area (Å²) in [5, 5.41) is 10.3. The van der Waals surface area contributed by atoms with Crippen LogP contribution >= 0.6 is 0 Å². The highest BCUT2D eigenvalue weighted by molar-refractivity contribution is 6.01. The highest BCUT2D eigenvalue weighted by Gasteiger charge is 2.58. The number of likely N-dealkylation sites (N-methyl/N-ethyl adjacent to an activating group) is 5. The third-order valence-corrected chi connectivity index (χ3v) is 24.0. The van der Waals surface area contributed by atoms with Gasteiger partial charge in [0.25, 0.3) is 5.92 Å². The molecule has 1 spiro atoms. The van der Waals surface area contributed by atoms with E-state index in [2.05, 4.69) is 21.3 Å². The van der Waals surface area contributed by atoms with Gasteiger partial charge in [0.05, 0.1) is 51.8 Å². The second-order valence-corrected chi connectivity index (χ2v) is 31.3. The smallest absolute Gasteiger partial charge is 0.382 e. The molecule has 2 unspecified atom stereocenters. The van der Waals surface area contributed by atoms with E-state index in [-0.39, 0.29) is 103 Å². The molecule has 4 N–H and O–H groups in total. The summed E-state index contributed by atoms with van der Waals surface area (Å²) in [6.45, 7) is -0.194. The zero-order valence-electron chi connectivity index (χ0n) is 62.9. The van der Waals surface area contributed by atoms with Crippen molar-refractivity contribution in [3.63, 3.8) is 0 Å². The van der Waals surface area contributed by atoms with Crippen LogP contribution in [0.4, 0.5) is 43.9 Å². The summed E-state index contributed by atoms with van der Waals surface area (Å²) in [7, 11) is 7.50. The Hall–Kier alpha value is -7.14. The summed E-state index contributed by atoms with van der Waals surface area (Å²) in [4.78, 5) is 188. The molecule has 0 aromatic heterocycles. The number of carbonyl (C=O) groups is 12. The van der Waals surface area contributed by atoms with Crippen LogP contribution in [-0.2, 0) is 67.0 Å². The summed E-state index contributed by atoms with van der Waals surface area (Å²) >= 11 is 0. The molecule has 4 heterocycles. The number of hydrogen-bond donors (Lipinski definition) is 4. The van der Waals surface area contributed by atoms with Crippen LogP contribution in [0.3, 0.4) is 0 Å². The topological polar surface area (TPSA) is 297 Å². The van der Waals surface area contributed by atoms with Gasteiger partial charge < -0.3 is 69.9 Å². The molecule has 11 atom stereocenters. The Morgan fingerprint density at radius 1 is 0.639 bits per heavy atom. The van der Waals surface area contributed by atoms with E-state index >= 15 is 41.5 Å². The van der Waals surface area contributed by atoms with E-state index in [1.165, 1.54) is 45.1 Å². The van der Waals surface area contributed by atoms with Crippen LogP contribution in [0.2, 0.25) is 0 Å². The molecule has 2 bridgehead atoms. The minimum Gasteiger partial charge on any atom is -0.382 e. The molecule has 26 nitrogen and oxygen atoms in total. The first kappa shape index (κ1) is 86.5. The average Bonchev–Trinajstić information content (AvgIpc) is 1.16. The Kier molecular flexibility index (Phi) is 29.5. The van der Waals surface area contributed by atoms with E-state index in [1.807, 2.05) is 0 Å². The fourth-order valence-corrected chi connectivity index (χ4v) is 17.1. The van der Waals surface area contributed by atoms with E-state index in [4.69, 9.17) is 9.47 Å². The minimum atomic E-state index is -5.28. The first-order valence-corrected chi connectivity index (χ1v) is 38.0. The van der Waals surface area contributed by atoms with Gasteiger partial charge in [-0.15, -0.1) is 0 Å². The van der Waals surface area contributed by atoms with Crippen LogP contribution in [0, 0.1) is 35.5 Å². The second-order valence-electron chi connectivity index (χ2n) is 31.3. The number of methoxy groups -OCH3 is 1. The number of alkyl halides is 10. The Bertz CT molecular complexity index is 3210. The van der Waals surface area contributed by atoms with Gasteiger partial charge in [0.2, 0.25) is 70.9 Å². The first-order valence-electron chi connectivity index (χ1n) is 38.0. The fourth-order valence-electron chi connectivity index (χ4n) is 17.1. The molecule has 4 aliphatic carbocycles. The molecule has 0 aromatic carbocycles. The molecule has 8 fully saturated rings. The number of hydrogen-bond acceptors (Lipinski definition) is 14. The first-order chi connectivity index (χ1) is 50.7. The SMILES string of the molecule is CC[C@H](C)[C@@H]1NC(=O)[C@H](COC)N(C)C(=O)C[C@@H](C(=O)N2CCOCC2)N(C)C(=O)[C@H](C2CCCC2)N(C)C(=O)C2(CCC2)NC(=O)[C@@H]2CC(F)(F)CN2C(=O)[C@H](CCC2CC(F)C(C(F)(F)F)C(F)C2)NC(=O)CN(C)C(=O)[C@H](CC2CCC(C(F)(F)F)CC2)N2CCCCC[C@@H](C2=O)N(C)C(=O)CNC1=O. The molecule has 108 heavy (non-hydrogen) atoms. The van der Waals surface area contributed by atoms with Crippen LogP contribution in [0.15, 0.2) is 0 Å². The number of ether oxygens (including phenoxy) is 2. The lowest BCUT2D eigenvalue weighted by molar-refractivity contribution is -0.219. The lowest BCUT2D eigenvalue weighted by atomic mass is 9.74. The van der Waals surface area contributed by atoms with Gasteiger partial charge in [-0.2, -0.15) is 26.3 Å². The number of morpholine rings is 1. The van der Waals surface area contributed by atoms with Crippen molar-refractivity contribution < 1.29 is 111 Å². The van der Waals surface area contributed by atoms with Gasteiger partial charge in [-0.05, 0) is 126 Å². The van der Waals surface area contributed by atoms with Crippen LogP contribution in [0.5, 0.6) is 0 Å². The number of rotatable bonds is 11. The van der Waals surface area contributed by atoms with E-state index in [0.29, 0.717) is 43.4 Å². The number of carbonyl (C=O) groups excluding carboxylic acids is 12. The maximum atomic E-state index is 16.2. The van der Waals surface area contributed by atoms with Gasteiger partial charge >= 0.3 is 12.4 Å². The highest BCUT2D eigenvalue weighted by atomic mass is 19.4. The molecule has 4 saturated carbocycles. The highest BCUT2D eigenvalue weighted by Crippen LogP contribution is 2.46. The zero-order valence-corrected chi connectivity index (χ0v) is 62.9. The van der Waals surface area contributed by atoms with E-state index in [0.717, 1.165) is 31.5 Å². The van der Waals surface area contributed by atoms with Crippen LogP contribution < -0.4 is 21.3 Å². The van der Waals surface area contributed by atoms with E-state index < -0.39 is 256 Å². The van der Waals surface area contributed by atoms with Gasteiger partial charge in [-0.25, -0.2) is 17.6 Å². The maximum Gasteiger partial charge on any atom is 0.397 e. The summed E-state index contributed by atoms with van der Waals surface area (Å²) in [5.41, 5.74) is -1.92. The minimum absolute atomic E-state index is 0.00864. The molecule has 8 aliphatic rings. The summed E-state index contributed by atoms with van der Waals surface area (Å²) < 4.78 is 158. The number of halogens is 10. The van der Waals surface area contributed by atoms with Crippen molar-refractivity contribution in [2.24, 2.45) is 35.5 Å². The second kappa shape index (κ2) is 36.8. The Morgan fingerprint density at radius 2 is 1.27 bits per heavy atom. The van der Waals surface area contributed by atoms with Crippen molar-refractivity contribution in [2.75, 3.05) is 101 Å². The quantitative estimate of drug-likeness (QED) is 0.202. The molecular formula is C72H108F10N12O14. The average molecular weight is 1560 g/mol. The Labute approximate surface area is 623 Å². The van der Waals surface area contributed by atoms with Crippen molar-refractivity contribution in [2.45, 2.75) is 246 Å². The van der Waals surface area contributed by atoms with Crippen molar-refractivity contribution >= 4 is 70.9 Å². The van der Waals surface area contributed by atoms with Gasteiger partial charge in [0.15, 0.2) is 0 Å². The van der Waals surface area contributed by atoms with Gasteiger partial charge in [0, 0.05) is 68.4 Å². The van der Waals surface area contributed by atoms with Crippen LogP contribution in [0.25, 0.3) is 0 Å². The molecule has 0 radical (unpaired) electrons. The zero-order chi connectivity index (χ0) is 79.7. The summed E-state index contributed by atoms with van der Waals surface area (Å²) in [6.07, 6.45) is -18.0. The molecule has 12 amide bonds. The largest absolute Gasteiger partial charge is 0.397 e. The Balaban J connectivity index is 1.19. The third kappa shape index (κ3) is 20.7. The van der Waals surface area contributed by atoms with Crippen molar-refractivity contribution in [3.05, 3.63) is 0 Å². The standard InChI is InChI=1S/C72H108F10N12O14/c1-9-41(2)58-62(100)83-37-56(97)88(4)49-18-11-10-14-27-93(66(49)104)51(34-42-19-22-45(23-20-42)71(77,78)79)64(102)87(3)38-54(95)84-48(24-21-43-32-46(73)57(47(74)33-43)72(80,81)82)63(101)94-40-70(75,76)36-52(94)61(99)86-69(25-15-26-69)68(106)91(7)59(44-16-12-13-17-44)67(105)90(6)50(65(103)92-28-30-108-31-29-92)35-55(96)89(5)53(39-107-8)60(98)85-58/h41-53,57-59H,9-40H2,1-8H3,(H,83,100)(H,84,95)(H,85,98)(H,86,99)/t41-,42?,43?,45?,46?,47?,48-,49-,50-,51-,52-,53-,57?,58-,59-/m0/s1. The maximum absolute atomic E-state index is 16.2. The molecule has 0 aromatic rings. The Morgan fingerprint density at radius 3 is 1.85 bits per heavy atom. The van der Waals surface area contributed by atoms with Crippen LogP contribution in [0.1, 0.15) is 162 Å². The van der Waals surface area contributed by atoms with Gasteiger partial charge in [-0.3, -0.25) is 57.5 Å². The third-order valence-electron chi connectivity index (χ3n) is 24.0. The molecule has 610 valence electrons. The van der Waals surface area contributed by atoms with Gasteiger partial charge in [-0.1, -0.05) is 46.0 Å². The lowest BCUT2D eigenvalue weighted by Gasteiger charge is -2.47. The molecule has 8 rings (SSSR count). The van der Waals surface area contributed by atoms with Crippen molar-refractivity contribution in [3.8, 4) is 0 Å². The normalized spacial score (nSPS) is 32.4. The number of fused-ring (bicyclic) bond motifs is 3. The van der Waals surface area contributed by atoms with E-state index in [9.17, 15) is 59.9 Å². The lowest BCUT2D eigenvalue weighted by Crippen LogP contribution is -2.68. The predicted molar refractivity (Wildman–Crippen MR) is 367 cm³/mol. The van der Waals surface area contributed by atoms with E-state index in [1.54, 1.807) is 13.8 Å². The number of nitrogens with zero attached hydrogens (tertiary/aromatic N) is 8. The van der Waals surface area contributed by atoms with Crippen molar-refractivity contribution in [1.82, 2.24) is 60.5 Å². The molecule has 4 saturated heterocycles. The molecular weight excluding hydrogens is 1450 g/mol. The molecule has 4 aliphatic heterocycles. The summed E-state index contributed by atoms with van der Waals surface area (Å²) in [6, 6.07) is -12.9. The number of amides is 12. The van der Waals surface area contributed by atoms with Gasteiger partial charge in [0.1, 0.15) is 72.1 Å². The molecule has 36 heteroatoms. The summed E-state index contributed by atoms with van der Waals surface area (Å²) in [5.74, 6) is -23.0. The fraction of sp³-hybridized carbons (Fsp3) is 0.833. The van der Waals surface area contributed by atoms with Crippen molar-refractivity contribution in [1.29, 1.82) is 0 Å². The predicted octanol–water partition coefficient (Wildman–Crippen LogP) is 4.83. The van der Waals surface area contributed by atoms with Crippen LogP contribution in [-0.4, -0.2) is 296 Å². The monoisotopic (exact) mass is 1550 g/mol. The number of nitrogens with one attached hydrogen (secondary N) is 4.